The highest BCUT2D eigenvalue weighted by molar-refractivity contribution is 9.09. The van der Waals surface area contributed by atoms with Gasteiger partial charge in [-0.25, -0.2) is 0 Å². The summed E-state index contributed by atoms with van der Waals surface area (Å²) in [5.41, 5.74) is 0.159. The summed E-state index contributed by atoms with van der Waals surface area (Å²) in [7, 11) is 0. The second kappa shape index (κ2) is 6.21. The van der Waals surface area contributed by atoms with Gasteiger partial charge in [-0.1, -0.05) is 34.1 Å². The average Bonchev–Trinajstić information content (AvgIpc) is 2.28. The molecular weight excluding hydrogens is 297 g/mol. The summed E-state index contributed by atoms with van der Waals surface area (Å²) in [5, 5.41) is 9.84. The van der Waals surface area contributed by atoms with E-state index in [9.17, 15) is 13.2 Å². The molecule has 17 heavy (non-hydrogen) atoms. The van der Waals surface area contributed by atoms with Gasteiger partial charge < -0.3 is 5.11 Å². The molecular formula is C12H12BrF3O. The Kier molecular flexibility index (Phi) is 5.21. The van der Waals surface area contributed by atoms with Crippen molar-refractivity contribution in [3.63, 3.8) is 0 Å². The summed E-state index contributed by atoms with van der Waals surface area (Å²) >= 11 is 3.25. The second-order valence-electron chi connectivity index (χ2n) is 3.45. The number of hydrogen-bond donors (Lipinski definition) is 1. The first-order valence-corrected chi connectivity index (χ1v) is 6.14. The summed E-state index contributed by atoms with van der Waals surface area (Å²) < 4.78 is 37.3. The maximum Gasteiger partial charge on any atom is 0.416 e. The van der Waals surface area contributed by atoms with Gasteiger partial charge in [-0.3, -0.25) is 0 Å². The number of rotatable bonds is 4. The minimum Gasteiger partial charge on any atom is -0.392 e. The number of hydrogen-bond acceptors (Lipinski definition) is 1. The largest absolute Gasteiger partial charge is 0.416 e. The highest BCUT2D eigenvalue weighted by Crippen LogP contribution is 2.30. The van der Waals surface area contributed by atoms with E-state index in [4.69, 9.17) is 5.11 Å². The topological polar surface area (TPSA) is 20.2 Å². The lowest BCUT2D eigenvalue weighted by Gasteiger charge is -2.10. The van der Waals surface area contributed by atoms with Crippen LogP contribution in [-0.4, -0.2) is 10.4 Å². The van der Waals surface area contributed by atoms with Crippen LogP contribution in [0.2, 0.25) is 0 Å². The number of halogens is 4. The molecule has 0 fully saturated rings. The van der Waals surface area contributed by atoms with E-state index in [1.54, 1.807) is 6.08 Å². The van der Waals surface area contributed by atoms with Crippen LogP contribution in [0.4, 0.5) is 13.2 Å². The third kappa shape index (κ3) is 4.16. The van der Waals surface area contributed by atoms with Crippen molar-refractivity contribution in [2.75, 3.05) is 5.33 Å². The Morgan fingerprint density at radius 2 is 2.00 bits per heavy atom. The van der Waals surface area contributed by atoms with Gasteiger partial charge in [0.25, 0.3) is 0 Å². The van der Waals surface area contributed by atoms with Gasteiger partial charge in [-0.05, 0) is 29.7 Å². The van der Waals surface area contributed by atoms with Gasteiger partial charge in [0.05, 0.1) is 12.2 Å². The highest BCUT2D eigenvalue weighted by atomic mass is 79.9. The Hall–Kier alpha value is -0.810. The van der Waals surface area contributed by atoms with Crippen molar-refractivity contribution in [2.45, 2.75) is 19.2 Å². The van der Waals surface area contributed by atoms with E-state index in [1.807, 2.05) is 6.08 Å². The van der Waals surface area contributed by atoms with Crippen LogP contribution in [0.15, 0.2) is 24.3 Å². The maximum absolute atomic E-state index is 12.4. The summed E-state index contributed by atoms with van der Waals surface area (Å²) in [6, 6.07) is 3.37. The van der Waals surface area contributed by atoms with E-state index in [1.165, 1.54) is 6.07 Å². The molecule has 0 aliphatic carbocycles. The fourth-order valence-corrected chi connectivity index (χ4v) is 1.62. The molecule has 1 aromatic carbocycles. The smallest absolute Gasteiger partial charge is 0.392 e. The zero-order chi connectivity index (χ0) is 12.9. The third-order valence-corrected chi connectivity index (χ3v) is 2.67. The van der Waals surface area contributed by atoms with Gasteiger partial charge in [0.2, 0.25) is 0 Å². The maximum atomic E-state index is 12.4. The molecule has 0 saturated carbocycles. The molecule has 0 heterocycles. The standard InChI is InChI=1S/C12H12BrF3O/c13-6-2-1-3-9-4-5-11(12(14,15)16)7-10(9)8-17/h1,3-5,7,17H,2,6,8H2. The first-order valence-electron chi connectivity index (χ1n) is 5.02. The van der Waals surface area contributed by atoms with Crippen molar-refractivity contribution >= 4 is 22.0 Å². The SMILES string of the molecule is OCc1cc(C(F)(F)F)ccc1C=CCCBr. The summed E-state index contributed by atoms with van der Waals surface area (Å²) in [6.45, 7) is -0.405. The molecule has 0 radical (unpaired) electrons. The lowest BCUT2D eigenvalue weighted by molar-refractivity contribution is -0.137. The van der Waals surface area contributed by atoms with Crippen LogP contribution < -0.4 is 0 Å². The van der Waals surface area contributed by atoms with E-state index in [-0.39, 0.29) is 5.56 Å². The number of allylic oxidation sites excluding steroid dienone is 1. The van der Waals surface area contributed by atoms with E-state index < -0.39 is 18.3 Å². The highest BCUT2D eigenvalue weighted by Gasteiger charge is 2.30. The monoisotopic (exact) mass is 308 g/mol. The third-order valence-electron chi connectivity index (χ3n) is 2.21. The Balaban J connectivity index is 3.01. The molecule has 1 N–H and O–H groups in total. The molecule has 0 aliphatic rings. The van der Waals surface area contributed by atoms with Crippen LogP contribution in [0.25, 0.3) is 6.08 Å². The molecule has 1 aromatic rings. The van der Waals surface area contributed by atoms with Crippen molar-refractivity contribution in [3.05, 3.63) is 41.0 Å². The molecule has 0 bridgehead atoms. The lowest BCUT2D eigenvalue weighted by Crippen LogP contribution is -2.06. The zero-order valence-corrected chi connectivity index (χ0v) is 10.6. The van der Waals surface area contributed by atoms with E-state index in [0.717, 1.165) is 23.9 Å². The van der Waals surface area contributed by atoms with Crippen LogP contribution in [0.3, 0.4) is 0 Å². The lowest BCUT2D eigenvalue weighted by atomic mass is 10.0. The number of benzene rings is 1. The van der Waals surface area contributed by atoms with Crippen LogP contribution >= 0.6 is 15.9 Å². The zero-order valence-electron chi connectivity index (χ0n) is 8.97. The molecule has 0 amide bonds. The predicted molar refractivity (Wildman–Crippen MR) is 64.8 cm³/mol. The van der Waals surface area contributed by atoms with E-state index in [2.05, 4.69) is 15.9 Å². The van der Waals surface area contributed by atoms with Gasteiger partial charge in [0.1, 0.15) is 0 Å². The molecule has 0 spiro atoms. The van der Waals surface area contributed by atoms with Gasteiger partial charge in [-0.15, -0.1) is 0 Å². The van der Waals surface area contributed by atoms with Gasteiger partial charge in [0, 0.05) is 5.33 Å². The van der Waals surface area contributed by atoms with Crippen LogP contribution in [-0.2, 0) is 12.8 Å². The number of aliphatic hydroxyl groups excluding tert-OH is 1. The normalized spacial score (nSPS) is 12.3. The summed E-state index contributed by atoms with van der Waals surface area (Å²) in [6.07, 6.45) is -0.0304. The quantitative estimate of drug-likeness (QED) is 0.834. The Labute approximate surface area is 106 Å². The van der Waals surface area contributed by atoms with Crippen molar-refractivity contribution in [3.8, 4) is 0 Å². The second-order valence-corrected chi connectivity index (χ2v) is 4.24. The Morgan fingerprint density at radius 1 is 1.29 bits per heavy atom. The van der Waals surface area contributed by atoms with Crippen LogP contribution in [0.1, 0.15) is 23.1 Å². The first kappa shape index (κ1) is 14.3. The van der Waals surface area contributed by atoms with Gasteiger partial charge in [0.15, 0.2) is 0 Å². The molecule has 0 aliphatic heterocycles. The van der Waals surface area contributed by atoms with Crippen molar-refractivity contribution in [1.29, 1.82) is 0 Å². The van der Waals surface area contributed by atoms with E-state index in [0.29, 0.717) is 5.56 Å². The Morgan fingerprint density at radius 3 is 2.53 bits per heavy atom. The minimum absolute atomic E-state index is 0.283. The average molecular weight is 309 g/mol. The molecule has 1 rings (SSSR count). The molecule has 0 atom stereocenters. The minimum atomic E-state index is -4.37. The fraction of sp³-hybridized carbons (Fsp3) is 0.333. The molecule has 0 aromatic heterocycles. The van der Waals surface area contributed by atoms with Crippen molar-refractivity contribution < 1.29 is 18.3 Å². The molecule has 0 saturated heterocycles. The molecule has 94 valence electrons. The van der Waals surface area contributed by atoms with Crippen molar-refractivity contribution in [2.24, 2.45) is 0 Å². The molecule has 5 heteroatoms. The fourth-order valence-electron chi connectivity index (χ4n) is 1.35. The van der Waals surface area contributed by atoms with Crippen LogP contribution in [0, 0.1) is 0 Å². The summed E-state index contributed by atoms with van der Waals surface area (Å²) in [4.78, 5) is 0. The summed E-state index contributed by atoms with van der Waals surface area (Å²) in [5.74, 6) is 0. The molecule has 1 nitrogen and oxygen atoms in total. The van der Waals surface area contributed by atoms with Gasteiger partial charge in [-0.2, -0.15) is 13.2 Å². The molecule has 0 unspecified atom stereocenters. The first-order chi connectivity index (χ1) is 7.99. The van der Waals surface area contributed by atoms with Crippen molar-refractivity contribution in [1.82, 2.24) is 0 Å². The van der Waals surface area contributed by atoms with E-state index >= 15 is 0 Å². The number of alkyl halides is 4. The predicted octanol–water partition coefficient (Wildman–Crippen LogP) is 4.00. The van der Waals surface area contributed by atoms with Gasteiger partial charge >= 0.3 is 6.18 Å². The van der Waals surface area contributed by atoms with Crippen LogP contribution in [0.5, 0.6) is 0 Å². The Bertz CT molecular complexity index is 399. The number of aliphatic hydroxyl groups is 1.